The van der Waals surface area contributed by atoms with Crippen LogP contribution in [0, 0.1) is 0 Å². The lowest BCUT2D eigenvalue weighted by Crippen LogP contribution is -2.37. The van der Waals surface area contributed by atoms with Gasteiger partial charge in [0.1, 0.15) is 5.75 Å². The van der Waals surface area contributed by atoms with E-state index < -0.39 is 11.5 Å². The number of ether oxygens (including phenoxy) is 1. The number of benzene rings is 1. The summed E-state index contributed by atoms with van der Waals surface area (Å²) in [5.41, 5.74) is -0.424. The summed E-state index contributed by atoms with van der Waals surface area (Å²) in [6, 6.07) is 6.80. The normalized spacial score (nSPS) is 14.4. The minimum absolute atomic E-state index is 0.127. The summed E-state index contributed by atoms with van der Waals surface area (Å²) in [7, 11) is 0. The number of carbonyl (C=O) groups is 1. The number of para-hydroxylation sites is 1. The molecule has 1 atom stereocenters. The van der Waals surface area contributed by atoms with Gasteiger partial charge in [0, 0.05) is 17.1 Å². The van der Waals surface area contributed by atoms with E-state index >= 15 is 0 Å². The van der Waals surface area contributed by atoms with Crippen LogP contribution in [0.3, 0.4) is 0 Å². The van der Waals surface area contributed by atoms with Crippen LogP contribution >= 0.6 is 15.9 Å². The molecule has 4 nitrogen and oxygen atoms in total. The maximum absolute atomic E-state index is 11.8. The highest BCUT2D eigenvalue weighted by atomic mass is 79.9. The Kier molecular flexibility index (Phi) is 5.34. The molecule has 1 unspecified atom stereocenters. The standard InChI is InChI=1S/C13H16BrNO3/c1-3-18-12(17)13(2,9-14)15-8-10-6-4-5-7-11(10)16/h4-8,16H,3,9H2,1-2H3. The second-order valence-corrected chi connectivity index (χ2v) is 4.51. The second kappa shape index (κ2) is 6.54. The van der Waals surface area contributed by atoms with Crippen LogP contribution in [0.4, 0.5) is 0 Å². The van der Waals surface area contributed by atoms with E-state index in [-0.39, 0.29) is 5.75 Å². The minimum atomic E-state index is -0.988. The molecule has 0 saturated carbocycles. The smallest absolute Gasteiger partial charge is 0.334 e. The maximum Gasteiger partial charge on any atom is 0.334 e. The summed E-state index contributed by atoms with van der Waals surface area (Å²) in [6.07, 6.45) is 1.48. The topological polar surface area (TPSA) is 58.9 Å². The van der Waals surface area contributed by atoms with Crippen molar-refractivity contribution < 1.29 is 14.6 Å². The monoisotopic (exact) mass is 313 g/mol. The van der Waals surface area contributed by atoms with Crippen LogP contribution in [0.15, 0.2) is 29.3 Å². The van der Waals surface area contributed by atoms with E-state index in [0.29, 0.717) is 17.5 Å². The number of alkyl halides is 1. The van der Waals surface area contributed by atoms with Crippen LogP contribution in [0.1, 0.15) is 19.4 Å². The fourth-order valence-electron chi connectivity index (χ4n) is 1.24. The quantitative estimate of drug-likeness (QED) is 0.516. The highest BCUT2D eigenvalue weighted by molar-refractivity contribution is 9.09. The van der Waals surface area contributed by atoms with E-state index in [1.807, 2.05) is 0 Å². The molecule has 0 aliphatic heterocycles. The van der Waals surface area contributed by atoms with Crippen LogP contribution in [0.5, 0.6) is 5.75 Å². The molecule has 18 heavy (non-hydrogen) atoms. The Hall–Kier alpha value is -1.36. The average Bonchev–Trinajstić information content (AvgIpc) is 2.37. The third kappa shape index (κ3) is 3.57. The zero-order valence-corrected chi connectivity index (χ0v) is 12.0. The summed E-state index contributed by atoms with van der Waals surface area (Å²) in [5, 5.41) is 9.95. The van der Waals surface area contributed by atoms with Gasteiger partial charge in [0.2, 0.25) is 0 Å². The summed E-state index contributed by atoms with van der Waals surface area (Å²) in [5.74, 6) is -0.268. The number of nitrogens with zero attached hydrogens (tertiary/aromatic N) is 1. The first-order valence-corrected chi connectivity index (χ1v) is 6.72. The minimum Gasteiger partial charge on any atom is -0.507 e. The molecule has 0 heterocycles. The predicted octanol–water partition coefficient (Wildman–Crippen LogP) is 2.53. The average molecular weight is 314 g/mol. The molecule has 1 N–H and O–H groups in total. The molecule has 0 spiro atoms. The van der Waals surface area contributed by atoms with Crippen molar-refractivity contribution in [1.29, 1.82) is 0 Å². The lowest BCUT2D eigenvalue weighted by Gasteiger charge is -2.19. The number of aromatic hydroxyl groups is 1. The third-order valence-electron chi connectivity index (χ3n) is 2.40. The molecule has 0 saturated heterocycles. The number of hydrogen-bond donors (Lipinski definition) is 1. The van der Waals surface area contributed by atoms with Crippen LogP contribution in [0.2, 0.25) is 0 Å². The summed E-state index contributed by atoms with van der Waals surface area (Å²) in [4.78, 5) is 16.0. The molecule has 1 aromatic rings. The van der Waals surface area contributed by atoms with Crippen molar-refractivity contribution in [2.24, 2.45) is 4.99 Å². The van der Waals surface area contributed by atoms with Gasteiger partial charge in [-0.2, -0.15) is 0 Å². The number of esters is 1. The number of halogens is 1. The first kappa shape index (κ1) is 14.7. The number of phenolic OH excluding ortho intramolecular Hbond substituents is 1. The molecule has 0 aromatic heterocycles. The van der Waals surface area contributed by atoms with Crippen LogP contribution < -0.4 is 0 Å². The van der Waals surface area contributed by atoms with E-state index in [2.05, 4.69) is 20.9 Å². The second-order valence-electron chi connectivity index (χ2n) is 3.94. The Morgan fingerprint density at radius 3 is 2.78 bits per heavy atom. The van der Waals surface area contributed by atoms with Crippen molar-refractivity contribution in [2.75, 3.05) is 11.9 Å². The van der Waals surface area contributed by atoms with Gasteiger partial charge in [-0.1, -0.05) is 28.1 Å². The Bertz CT molecular complexity index is 448. The molecule has 0 fully saturated rings. The van der Waals surface area contributed by atoms with E-state index in [1.165, 1.54) is 6.21 Å². The summed E-state index contributed by atoms with van der Waals surface area (Å²) < 4.78 is 4.97. The van der Waals surface area contributed by atoms with Crippen molar-refractivity contribution in [3.05, 3.63) is 29.8 Å². The molecule has 0 aliphatic carbocycles. The van der Waals surface area contributed by atoms with Gasteiger partial charge in [-0.25, -0.2) is 4.79 Å². The number of hydrogen-bond acceptors (Lipinski definition) is 4. The lowest BCUT2D eigenvalue weighted by atomic mass is 10.1. The van der Waals surface area contributed by atoms with Crippen molar-refractivity contribution in [2.45, 2.75) is 19.4 Å². The van der Waals surface area contributed by atoms with E-state index in [1.54, 1.807) is 38.1 Å². The summed E-state index contributed by atoms with van der Waals surface area (Å²) >= 11 is 3.26. The van der Waals surface area contributed by atoms with E-state index in [0.717, 1.165) is 0 Å². The molecule has 0 bridgehead atoms. The predicted molar refractivity (Wildman–Crippen MR) is 74.5 cm³/mol. The van der Waals surface area contributed by atoms with Crippen molar-refractivity contribution in [3.8, 4) is 5.75 Å². The molecular weight excluding hydrogens is 298 g/mol. The van der Waals surface area contributed by atoms with Crippen molar-refractivity contribution >= 4 is 28.1 Å². The van der Waals surface area contributed by atoms with Gasteiger partial charge in [-0.15, -0.1) is 0 Å². The fourth-order valence-corrected chi connectivity index (χ4v) is 1.61. The molecule has 0 aliphatic rings. The van der Waals surface area contributed by atoms with Crippen molar-refractivity contribution in [1.82, 2.24) is 0 Å². The fraction of sp³-hybridized carbons (Fsp3) is 0.385. The van der Waals surface area contributed by atoms with Gasteiger partial charge in [0.05, 0.1) is 6.61 Å². The van der Waals surface area contributed by atoms with Gasteiger partial charge >= 0.3 is 5.97 Å². The first-order chi connectivity index (χ1) is 8.53. The number of phenols is 1. The third-order valence-corrected chi connectivity index (χ3v) is 3.49. The van der Waals surface area contributed by atoms with Crippen LogP contribution in [-0.2, 0) is 9.53 Å². The van der Waals surface area contributed by atoms with Gasteiger partial charge < -0.3 is 9.84 Å². The van der Waals surface area contributed by atoms with Gasteiger partial charge in [0.25, 0.3) is 0 Å². The Labute approximate surface area is 115 Å². The van der Waals surface area contributed by atoms with E-state index in [9.17, 15) is 9.90 Å². The molecule has 1 aromatic carbocycles. The Morgan fingerprint density at radius 1 is 1.56 bits per heavy atom. The first-order valence-electron chi connectivity index (χ1n) is 5.60. The zero-order valence-electron chi connectivity index (χ0n) is 10.4. The van der Waals surface area contributed by atoms with Gasteiger partial charge in [0.15, 0.2) is 5.54 Å². The Morgan fingerprint density at radius 2 is 2.22 bits per heavy atom. The zero-order chi connectivity index (χ0) is 13.6. The van der Waals surface area contributed by atoms with E-state index in [4.69, 9.17) is 4.74 Å². The lowest BCUT2D eigenvalue weighted by molar-refractivity contribution is -0.147. The molecule has 98 valence electrons. The summed E-state index contributed by atoms with van der Waals surface area (Å²) in [6.45, 7) is 3.74. The maximum atomic E-state index is 11.8. The number of carbonyl (C=O) groups excluding carboxylic acids is 1. The highest BCUT2D eigenvalue weighted by Crippen LogP contribution is 2.18. The van der Waals surface area contributed by atoms with Crippen molar-refractivity contribution in [3.63, 3.8) is 0 Å². The number of aliphatic imine (C=N–C) groups is 1. The highest BCUT2D eigenvalue weighted by Gasteiger charge is 2.32. The number of rotatable bonds is 5. The molecule has 1 rings (SSSR count). The van der Waals surface area contributed by atoms with Gasteiger partial charge in [-0.05, 0) is 26.0 Å². The molecule has 0 radical (unpaired) electrons. The van der Waals surface area contributed by atoms with Crippen LogP contribution in [0.25, 0.3) is 0 Å². The van der Waals surface area contributed by atoms with Crippen LogP contribution in [-0.4, -0.2) is 34.8 Å². The molecule has 5 heteroatoms. The molecular formula is C13H16BrNO3. The Balaban J connectivity index is 2.92. The van der Waals surface area contributed by atoms with Gasteiger partial charge in [-0.3, -0.25) is 4.99 Å². The largest absolute Gasteiger partial charge is 0.507 e. The SMILES string of the molecule is CCOC(=O)C(C)(CBr)N=Cc1ccccc1O. The molecule has 0 amide bonds.